The molecule has 0 unspecified atom stereocenters. The third-order valence-corrected chi connectivity index (χ3v) is 7.39. The highest BCUT2D eigenvalue weighted by Gasteiger charge is 2.38. The first-order valence-corrected chi connectivity index (χ1v) is 11.6. The van der Waals surface area contributed by atoms with E-state index < -0.39 is 0 Å². The van der Waals surface area contributed by atoms with Gasteiger partial charge in [-0.05, 0) is 86.1 Å². The average molecular weight is 453 g/mol. The van der Waals surface area contributed by atoms with Crippen LogP contribution in [0.4, 0.5) is 4.39 Å². The van der Waals surface area contributed by atoms with E-state index in [9.17, 15) is 9.18 Å². The fourth-order valence-corrected chi connectivity index (χ4v) is 5.14. The number of likely N-dealkylation sites (tertiary alicyclic amines) is 1. The van der Waals surface area contributed by atoms with Gasteiger partial charge in [0.05, 0.1) is 6.04 Å². The third-order valence-electron chi connectivity index (χ3n) is 7.17. The van der Waals surface area contributed by atoms with Crippen LogP contribution in [0.15, 0.2) is 60.7 Å². The van der Waals surface area contributed by atoms with E-state index in [1.807, 2.05) is 54.4 Å². The molecule has 0 N–H and O–H groups in total. The zero-order valence-electron chi connectivity index (χ0n) is 18.9. The van der Waals surface area contributed by atoms with Gasteiger partial charge in [-0.1, -0.05) is 48.0 Å². The molecule has 0 radical (unpaired) electrons. The second-order valence-electron chi connectivity index (χ2n) is 9.16. The summed E-state index contributed by atoms with van der Waals surface area (Å²) < 4.78 is 13.6. The van der Waals surface area contributed by atoms with Crippen LogP contribution in [0.3, 0.4) is 0 Å². The summed E-state index contributed by atoms with van der Waals surface area (Å²) >= 11 is 6.40. The molecule has 168 valence electrons. The molecule has 3 nitrogen and oxygen atoms in total. The normalized spacial score (nSPS) is 17.3. The van der Waals surface area contributed by atoms with E-state index in [0.717, 1.165) is 47.8 Å². The molecular formula is C27H30ClFN2O. The summed E-state index contributed by atoms with van der Waals surface area (Å²) in [6.07, 6.45) is 2.16. The van der Waals surface area contributed by atoms with E-state index in [-0.39, 0.29) is 23.2 Å². The minimum absolute atomic E-state index is 0.0930. The molecule has 0 aliphatic carbocycles. The number of halogens is 2. The zero-order valence-corrected chi connectivity index (χ0v) is 19.7. The van der Waals surface area contributed by atoms with Crippen molar-refractivity contribution in [3.8, 4) is 0 Å². The zero-order chi connectivity index (χ0) is 22.9. The summed E-state index contributed by atoms with van der Waals surface area (Å²) in [5.74, 6) is -0.155. The van der Waals surface area contributed by atoms with Gasteiger partial charge in [-0.2, -0.15) is 0 Å². The number of carbonyl (C=O) groups excluding carboxylic acids is 1. The van der Waals surface area contributed by atoms with Crippen LogP contribution >= 0.6 is 11.6 Å². The molecule has 1 aliphatic heterocycles. The van der Waals surface area contributed by atoms with Crippen LogP contribution in [0.25, 0.3) is 10.8 Å². The Bertz CT molecular complexity index is 1110. The van der Waals surface area contributed by atoms with Crippen molar-refractivity contribution in [2.75, 3.05) is 27.2 Å². The number of hydrogen-bond acceptors (Lipinski definition) is 2. The molecule has 1 aliphatic rings. The maximum atomic E-state index is 13.6. The maximum absolute atomic E-state index is 13.6. The summed E-state index contributed by atoms with van der Waals surface area (Å²) in [5.41, 5.74) is 1.82. The third kappa shape index (κ3) is 4.53. The number of rotatable bonds is 5. The van der Waals surface area contributed by atoms with Gasteiger partial charge in [-0.3, -0.25) is 4.79 Å². The molecule has 0 bridgehead atoms. The Balaban J connectivity index is 1.62. The van der Waals surface area contributed by atoms with Crippen molar-refractivity contribution in [1.82, 2.24) is 9.80 Å². The van der Waals surface area contributed by atoms with Crippen molar-refractivity contribution < 1.29 is 9.18 Å². The number of carbonyl (C=O) groups is 1. The van der Waals surface area contributed by atoms with Crippen molar-refractivity contribution >= 4 is 28.3 Å². The minimum Gasteiger partial charge on any atom is -0.339 e. The Morgan fingerprint density at radius 2 is 1.78 bits per heavy atom. The average Bonchev–Trinajstić information content (AvgIpc) is 2.79. The van der Waals surface area contributed by atoms with Gasteiger partial charge in [0, 0.05) is 23.9 Å². The van der Waals surface area contributed by atoms with E-state index in [1.165, 1.54) is 12.1 Å². The van der Waals surface area contributed by atoms with Crippen molar-refractivity contribution in [2.24, 2.45) is 0 Å². The molecule has 4 rings (SSSR count). The fourth-order valence-electron chi connectivity index (χ4n) is 4.90. The van der Waals surface area contributed by atoms with Gasteiger partial charge in [0.15, 0.2) is 0 Å². The lowest BCUT2D eigenvalue weighted by Crippen LogP contribution is -2.44. The molecule has 1 heterocycles. The van der Waals surface area contributed by atoms with Crippen molar-refractivity contribution in [2.45, 2.75) is 37.6 Å². The molecular weight excluding hydrogens is 423 g/mol. The van der Waals surface area contributed by atoms with Gasteiger partial charge in [-0.15, -0.1) is 0 Å². The molecule has 1 amide bonds. The van der Waals surface area contributed by atoms with Gasteiger partial charge >= 0.3 is 0 Å². The molecule has 5 heteroatoms. The monoisotopic (exact) mass is 452 g/mol. The summed E-state index contributed by atoms with van der Waals surface area (Å²) in [4.78, 5) is 17.7. The molecule has 0 saturated carbocycles. The smallest absolute Gasteiger partial charge is 0.223 e. The van der Waals surface area contributed by atoms with Crippen LogP contribution in [-0.2, 0) is 10.2 Å². The first-order valence-electron chi connectivity index (χ1n) is 11.2. The summed E-state index contributed by atoms with van der Waals surface area (Å²) in [7, 11) is 3.98. The van der Waals surface area contributed by atoms with Gasteiger partial charge in [0.2, 0.25) is 5.91 Å². The largest absolute Gasteiger partial charge is 0.339 e. The first-order chi connectivity index (χ1) is 15.3. The number of amides is 1. The minimum atomic E-state index is -0.276. The van der Waals surface area contributed by atoms with Crippen LogP contribution in [0.5, 0.6) is 0 Å². The molecule has 3 aromatic rings. The highest BCUT2D eigenvalue weighted by molar-refractivity contribution is 6.31. The Labute approximate surface area is 194 Å². The van der Waals surface area contributed by atoms with E-state index >= 15 is 0 Å². The Kier molecular flexibility index (Phi) is 6.55. The van der Waals surface area contributed by atoms with Gasteiger partial charge in [0.1, 0.15) is 5.82 Å². The topological polar surface area (TPSA) is 23.6 Å². The molecule has 32 heavy (non-hydrogen) atoms. The summed E-state index contributed by atoms with van der Waals surface area (Å²) in [5, 5.41) is 2.85. The molecule has 1 atom stereocenters. The van der Waals surface area contributed by atoms with Crippen LogP contribution in [0, 0.1) is 5.82 Å². The lowest BCUT2D eigenvalue weighted by molar-refractivity contribution is -0.133. The fraction of sp³-hybridized carbons (Fsp3) is 0.370. The van der Waals surface area contributed by atoms with Gasteiger partial charge in [-0.25, -0.2) is 4.39 Å². The van der Waals surface area contributed by atoms with E-state index in [4.69, 9.17) is 11.6 Å². The predicted octanol–water partition coefficient (Wildman–Crippen LogP) is 6.21. The van der Waals surface area contributed by atoms with E-state index in [2.05, 4.69) is 24.9 Å². The first kappa shape index (κ1) is 22.8. The lowest BCUT2D eigenvalue weighted by Gasteiger charge is -2.42. The summed E-state index contributed by atoms with van der Waals surface area (Å²) in [6.45, 7) is 3.89. The number of piperidine rings is 1. The van der Waals surface area contributed by atoms with Crippen molar-refractivity contribution in [3.63, 3.8) is 0 Å². The molecule has 1 fully saturated rings. The predicted molar refractivity (Wildman–Crippen MR) is 130 cm³/mol. The van der Waals surface area contributed by atoms with Crippen LogP contribution in [-0.4, -0.2) is 42.9 Å². The lowest BCUT2D eigenvalue weighted by atomic mass is 9.70. The van der Waals surface area contributed by atoms with Crippen LogP contribution in [0.2, 0.25) is 5.02 Å². The van der Waals surface area contributed by atoms with Crippen LogP contribution < -0.4 is 0 Å². The second kappa shape index (κ2) is 9.21. The Hall–Kier alpha value is -2.43. The highest BCUT2D eigenvalue weighted by atomic mass is 35.5. The summed E-state index contributed by atoms with van der Waals surface area (Å²) in [6, 6.07) is 18.6. The second-order valence-corrected chi connectivity index (χ2v) is 9.60. The number of nitrogens with zero attached hydrogens (tertiary/aromatic N) is 2. The maximum Gasteiger partial charge on any atom is 0.223 e. The number of fused-ring (bicyclic) bond motifs is 1. The van der Waals surface area contributed by atoms with E-state index in [1.54, 1.807) is 0 Å². The molecule has 0 spiro atoms. The van der Waals surface area contributed by atoms with Crippen LogP contribution in [0.1, 0.15) is 43.4 Å². The van der Waals surface area contributed by atoms with Gasteiger partial charge < -0.3 is 9.80 Å². The van der Waals surface area contributed by atoms with E-state index in [0.29, 0.717) is 11.4 Å². The molecule has 3 aromatic carbocycles. The van der Waals surface area contributed by atoms with Crippen molar-refractivity contribution in [1.29, 1.82) is 0 Å². The quantitative estimate of drug-likeness (QED) is 0.459. The standard InChI is InChI=1S/C27H30ClFN2O/c1-19(25-17-22(28)16-20-6-4-5-7-24(20)25)31(3)26(32)18-27(12-14-30(2)15-13-27)21-8-10-23(29)11-9-21/h4-11,16-17,19H,12-15,18H2,1-3H3/t19-/m0/s1. The van der Waals surface area contributed by atoms with Gasteiger partial charge in [0.25, 0.3) is 0 Å². The number of hydrogen-bond donors (Lipinski definition) is 0. The molecule has 0 aromatic heterocycles. The SMILES string of the molecule is C[C@@H](c1cc(Cl)cc2ccccc12)N(C)C(=O)CC1(c2ccc(F)cc2)CCN(C)CC1. The van der Waals surface area contributed by atoms with Crippen molar-refractivity contribution in [3.05, 3.63) is 82.6 Å². The molecule has 1 saturated heterocycles. The Morgan fingerprint density at radius 3 is 2.47 bits per heavy atom. The number of benzene rings is 3. The highest BCUT2D eigenvalue weighted by Crippen LogP contribution is 2.40. The Morgan fingerprint density at radius 1 is 1.12 bits per heavy atom.